The first-order valence-electron chi connectivity index (χ1n) is 7.90. The van der Waals surface area contributed by atoms with Crippen molar-refractivity contribution in [3.05, 3.63) is 35.9 Å². The van der Waals surface area contributed by atoms with E-state index in [1.165, 1.54) is 0 Å². The lowest BCUT2D eigenvalue weighted by Gasteiger charge is -2.36. The van der Waals surface area contributed by atoms with Gasteiger partial charge in [-0.1, -0.05) is 30.3 Å². The van der Waals surface area contributed by atoms with Crippen molar-refractivity contribution in [2.24, 2.45) is 0 Å². The van der Waals surface area contributed by atoms with E-state index in [0.29, 0.717) is 12.6 Å². The number of rotatable bonds is 6. The van der Waals surface area contributed by atoms with Crippen LogP contribution >= 0.6 is 0 Å². The molecular formula is C17H27N3O2. The first-order valence-corrected chi connectivity index (χ1v) is 7.90. The minimum absolute atomic E-state index is 0.0744. The van der Waals surface area contributed by atoms with Crippen LogP contribution in [0.4, 0.5) is 0 Å². The predicted octanol–water partition coefficient (Wildman–Crippen LogP) is 1.13. The normalized spacial score (nSPS) is 19.6. The first-order chi connectivity index (χ1) is 10.6. The van der Waals surface area contributed by atoms with Gasteiger partial charge >= 0.3 is 0 Å². The fraction of sp³-hybridized carbons (Fsp3) is 0.588. The molecule has 1 aromatic carbocycles. The van der Waals surface area contributed by atoms with Crippen LogP contribution in [-0.4, -0.2) is 68.6 Å². The fourth-order valence-electron chi connectivity index (χ4n) is 2.76. The Balaban J connectivity index is 1.83. The lowest BCUT2D eigenvalue weighted by atomic mass is 10.1. The Morgan fingerprint density at radius 3 is 2.45 bits per heavy atom. The topological polar surface area (TPSA) is 44.8 Å². The van der Waals surface area contributed by atoms with Crippen molar-refractivity contribution >= 4 is 5.91 Å². The summed E-state index contributed by atoms with van der Waals surface area (Å²) in [5.74, 6) is -0.0744. The molecule has 0 bridgehead atoms. The van der Waals surface area contributed by atoms with Gasteiger partial charge in [-0.05, 0) is 19.5 Å². The smallest absolute Gasteiger partial charge is 0.253 e. The van der Waals surface area contributed by atoms with Crippen LogP contribution in [0, 0.1) is 0 Å². The average Bonchev–Trinajstić information content (AvgIpc) is 2.55. The zero-order chi connectivity index (χ0) is 15.9. The zero-order valence-corrected chi connectivity index (χ0v) is 13.8. The summed E-state index contributed by atoms with van der Waals surface area (Å²) in [6.45, 7) is 7.09. The van der Waals surface area contributed by atoms with Gasteiger partial charge in [-0.25, -0.2) is 0 Å². The average molecular weight is 305 g/mol. The van der Waals surface area contributed by atoms with Gasteiger partial charge in [0.1, 0.15) is 0 Å². The van der Waals surface area contributed by atoms with Gasteiger partial charge in [0.25, 0.3) is 5.91 Å². The van der Waals surface area contributed by atoms with E-state index < -0.39 is 6.10 Å². The minimum Gasteiger partial charge on any atom is -0.367 e. The molecule has 122 valence electrons. The fourth-order valence-corrected chi connectivity index (χ4v) is 2.76. The molecule has 1 aliphatic rings. The Hall–Kier alpha value is -1.43. The lowest BCUT2D eigenvalue weighted by molar-refractivity contribution is -0.131. The van der Waals surface area contributed by atoms with E-state index in [1.807, 2.05) is 30.3 Å². The molecule has 1 N–H and O–H groups in total. The van der Waals surface area contributed by atoms with Gasteiger partial charge in [-0.15, -0.1) is 0 Å². The standard InChI is InChI=1S/C17H27N3O2/c1-14(20-11-9-19(2)10-12-20)13-18-17(21)16(22-3)15-7-5-4-6-8-15/h4-8,14,16H,9-13H2,1-3H3,(H,18,21). The number of ether oxygens (including phenoxy) is 1. The maximum absolute atomic E-state index is 12.4. The van der Waals surface area contributed by atoms with E-state index in [2.05, 4.69) is 29.1 Å². The van der Waals surface area contributed by atoms with Crippen LogP contribution in [0.5, 0.6) is 0 Å². The molecule has 0 radical (unpaired) electrons. The Kier molecular flexibility index (Phi) is 6.36. The number of hydrogen-bond acceptors (Lipinski definition) is 4. The SMILES string of the molecule is COC(C(=O)NCC(C)N1CCN(C)CC1)c1ccccc1. The summed E-state index contributed by atoms with van der Waals surface area (Å²) in [7, 11) is 3.72. The number of hydrogen-bond donors (Lipinski definition) is 1. The second-order valence-corrected chi connectivity index (χ2v) is 5.96. The summed E-state index contributed by atoms with van der Waals surface area (Å²) in [5.41, 5.74) is 0.884. The van der Waals surface area contributed by atoms with Crippen molar-refractivity contribution in [3.63, 3.8) is 0 Å². The van der Waals surface area contributed by atoms with Crippen LogP contribution in [0.2, 0.25) is 0 Å². The Labute approximate surface area is 133 Å². The Morgan fingerprint density at radius 1 is 1.23 bits per heavy atom. The molecule has 1 fully saturated rings. The molecule has 2 rings (SSSR count). The van der Waals surface area contributed by atoms with Crippen LogP contribution < -0.4 is 5.32 Å². The predicted molar refractivity (Wildman–Crippen MR) is 87.7 cm³/mol. The largest absolute Gasteiger partial charge is 0.367 e. The van der Waals surface area contributed by atoms with Crippen LogP contribution in [-0.2, 0) is 9.53 Å². The number of nitrogens with one attached hydrogen (secondary N) is 1. The van der Waals surface area contributed by atoms with Gasteiger partial charge in [0.2, 0.25) is 0 Å². The van der Waals surface area contributed by atoms with E-state index in [-0.39, 0.29) is 5.91 Å². The number of methoxy groups -OCH3 is 1. The number of amides is 1. The van der Waals surface area contributed by atoms with Crippen molar-refractivity contribution in [2.45, 2.75) is 19.1 Å². The third kappa shape index (κ3) is 4.53. The van der Waals surface area contributed by atoms with Crippen LogP contribution in [0.25, 0.3) is 0 Å². The highest BCUT2D eigenvalue weighted by molar-refractivity contribution is 5.82. The Morgan fingerprint density at radius 2 is 1.86 bits per heavy atom. The molecule has 2 unspecified atom stereocenters. The monoisotopic (exact) mass is 305 g/mol. The van der Waals surface area contributed by atoms with E-state index in [1.54, 1.807) is 7.11 Å². The number of piperazine rings is 1. The van der Waals surface area contributed by atoms with E-state index in [0.717, 1.165) is 31.7 Å². The number of carbonyl (C=O) groups excluding carboxylic acids is 1. The molecule has 1 saturated heterocycles. The van der Waals surface area contributed by atoms with Gasteiger partial charge < -0.3 is 15.0 Å². The lowest BCUT2D eigenvalue weighted by Crippen LogP contribution is -2.51. The third-order valence-electron chi connectivity index (χ3n) is 4.31. The maximum Gasteiger partial charge on any atom is 0.253 e. The molecule has 1 aromatic rings. The molecule has 5 heteroatoms. The maximum atomic E-state index is 12.4. The molecule has 1 heterocycles. The Bertz CT molecular complexity index is 458. The molecule has 0 aromatic heterocycles. The molecule has 5 nitrogen and oxygen atoms in total. The first kappa shape index (κ1) is 16.9. The summed E-state index contributed by atoms with van der Waals surface area (Å²) >= 11 is 0. The molecule has 1 aliphatic heterocycles. The number of carbonyl (C=O) groups is 1. The minimum atomic E-state index is -0.541. The van der Waals surface area contributed by atoms with E-state index in [9.17, 15) is 4.79 Å². The second-order valence-electron chi connectivity index (χ2n) is 5.96. The summed E-state index contributed by atoms with van der Waals surface area (Å²) in [6.07, 6.45) is -0.541. The van der Waals surface area contributed by atoms with E-state index >= 15 is 0 Å². The zero-order valence-electron chi connectivity index (χ0n) is 13.8. The molecule has 0 spiro atoms. The van der Waals surface area contributed by atoms with Gasteiger partial charge in [-0.2, -0.15) is 0 Å². The van der Waals surface area contributed by atoms with Crippen molar-refractivity contribution in [3.8, 4) is 0 Å². The van der Waals surface area contributed by atoms with Crippen LogP contribution in [0.3, 0.4) is 0 Å². The molecule has 2 atom stereocenters. The molecule has 0 saturated carbocycles. The molecule has 22 heavy (non-hydrogen) atoms. The third-order valence-corrected chi connectivity index (χ3v) is 4.31. The van der Waals surface area contributed by atoms with Crippen LogP contribution in [0.1, 0.15) is 18.6 Å². The number of nitrogens with zero attached hydrogens (tertiary/aromatic N) is 2. The summed E-state index contributed by atoms with van der Waals surface area (Å²) in [6, 6.07) is 9.94. The molecular weight excluding hydrogens is 278 g/mol. The molecule has 0 aliphatic carbocycles. The highest BCUT2D eigenvalue weighted by atomic mass is 16.5. The summed E-state index contributed by atoms with van der Waals surface area (Å²) < 4.78 is 5.36. The number of benzene rings is 1. The molecule has 1 amide bonds. The van der Waals surface area contributed by atoms with Crippen molar-refractivity contribution in [2.75, 3.05) is 46.9 Å². The van der Waals surface area contributed by atoms with Gasteiger partial charge in [0.05, 0.1) is 0 Å². The van der Waals surface area contributed by atoms with Crippen LogP contribution in [0.15, 0.2) is 30.3 Å². The van der Waals surface area contributed by atoms with E-state index in [4.69, 9.17) is 4.74 Å². The van der Waals surface area contributed by atoms with Gasteiger partial charge in [0, 0.05) is 45.9 Å². The summed E-state index contributed by atoms with van der Waals surface area (Å²) in [4.78, 5) is 17.1. The van der Waals surface area contributed by atoms with Crippen molar-refractivity contribution < 1.29 is 9.53 Å². The van der Waals surface area contributed by atoms with Gasteiger partial charge in [0.15, 0.2) is 6.10 Å². The van der Waals surface area contributed by atoms with Gasteiger partial charge in [-0.3, -0.25) is 9.69 Å². The summed E-state index contributed by atoms with van der Waals surface area (Å²) in [5, 5.41) is 3.02. The second kappa shape index (κ2) is 8.27. The highest BCUT2D eigenvalue weighted by Crippen LogP contribution is 2.16. The highest BCUT2D eigenvalue weighted by Gasteiger charge is 2.23. The van der Waals surface area contributed by atoms with Crippen molar-refractivity contribution in [1.29, 1.82) is 0 Å². The van der Waals surface area contributed by atoms with Crippen molar-refractivity contribution in [1.82, 2.24) is 15.1 Å². The quantitative estimate of drug-likeness (QED) is 0.856. The number of likely N-dealkylation sites (N-methyl/N-ethyl adjacent to an activating group) is 1.